The summed E-state index contributed by atoms with van der Waals surface area (Å²) in [6.07, 6.45) is 0.702. The number of benzene rings is 2. The molecule has 2 aromatic rings. The lowest BCUT2D eigenvalue weighted by molar-refractivity contribution is 0.534. The van der Waals surface area contributed by atoms with Crippen molar-refractivity contribution in [3.05, 3.63) is 68.0 Å². The van der Waals surface area contributed by atoms with E-state index in [0.717, 1.165) is 5.56 Å². The molecule has 1 atom stereocenters. The molecule has 1 unspecified atom stereocenters. The Morgan fingerprint density at radius 2 is 1.89 bits per heavy atom. The average Bonchev–Trinajstić information content (AvgIpc) is 2.39. The van der Waals surface area contributed by atoms with Gasteiger partial charge in [0, 0.05) is 20.2 Å². The average molecular weight is 390 g/mol. The van der Waals surface area contributed by atoms with Crippen LogP contribution in [0.5, 0.6) is 0 Å². The molecule has 0 bridgehead atoms. The minimum Gasteiger partial charge on any atom is -0.313 e. The van der Waals surface area contributed by atoms with Crippen LogP contribution < -0.4 is 5.32 Å². The molecular formula is C15H14ClFIN. The second-order valence-electron chi connectivity index (χ2n) is 4.31. The van der Waals surface area contributed by atoms with Crippen LogP contribution >= 0.6 is 34.2 Å². The molecule has 1 N–H and O–H groups in total. The first-order chi connectivity index (χ1) is 9.11. The zero-order valence-corrected chi connectivity index (χ0v) is 13.4. The van der Waals surface area contributed by atoms with Gasteiger partial charge in [-0.05, 0) is 65.9 Å². The fourth-order valence-electron chi connectivity index (χ4n) is 2.05. The van der Waals surface area contributed by atoms with Crippen molar-refractivity contribution in [2.75, 3.05) is 7.05 Å². The normalized spacial score (nSPS) is 12.4. The SMILES string of the molecule is CNC(Cc1ccc(I)cc1)c1c(F)cccc1Cl. The maximum atomic E-state index is 13.9. The van der Waals surface area contributed by atoms with E-state index in [2.05, 4.69) is 40.0 Å². The van der Waals surface area contributed by atoms with E-state index in [1.54, 1.807) is 12.1 Å². The van der Waals surface area contributed by atoms with Crippen LogP contribution in [0.25, 0.3) is 0 Å². The molecule has 100 valence electrons. The maximum absolute atomic E-state index is 13.9. The number of likely N-dealkylation sites (N-methyl/N-ethyl adjacent to an activating group) is 1. The van der Waals surface area contributed by atoms with Gasteiger partial charge in [0.2, 0.25) is 0 Å². The van der Waals surface area contributed by atoms with Crippen LogP contribution in [0.15, 0.2) is 42.5 Å². The summed E-state index contributed by atoms with van der Waals surface area (Å²) in [7, 11) is 1.82. The predicted molar refractivity (Wildman–Crippen MR) is 86.1 cm³/mol. The number of hydrogen-bond acceptors (Lipinski definition) is 1. The zero-order valence-electron chi connectivity index (χ0n) is 10.5. The third-order valence-electron chi connectivity index (χ3n) is 3.05. The number of rotatable bonds is 4. The maximum Gasteiger partial charge on any atom is 0.129 e. The van der Waals surface area contributed by atoms with Crippen LogP contribution in [0.4, 0.5) is 4.39 Å². The molecule has 2 rings (SSSR count). The minimum atomic E-state index is -0.266. The van der Waals surface area contributed by atoms with Gasteiger partial charge in [-0.15, -0.1) is 0 Å². The molecular weight excluding hydrogens is 376 g/mol. The molecule has 19 heavy (non-hydrogen) atoms. The Morgan fingerprint density at radius 1 is 1.21 bits per heavy atom. The molecule has 0 aromatic heterocycles. The van der Waals surface area contributed by atoms with Crippen LogP contribution in [0.2, 0.25) is 5.02 Å². The summed E-state index contributed by atoms with van der Waals surface area (Å²) in [5.41, 5.74) is 1.68. The summed E-state index contributed by atoms with van der Waals surface area (Å²) in [6.45, 7) is 0. The Kier molecular flexibility index (Phi) is 5.19. The molecule has 0 saturated heterocycles. The first-order valence-electron chi connectivity index (χ1n) is 5.97. The highest BCUT2D eigenvalue weighted by Crippen LogP contribution is 2.28. The van der Waals surface area contributed by atoms with Crippen LogP contribution in [-0.2, 0) is 6.42 Å². The Balaban J connectivity index is 2.27. The van der Waals surface area contributed by atoms with Crippen molar-refractivity contribution in [2.24, 2.45) is 0 Å². The van der Waals surface area contributed by atoms with Crippen molar-refractivity contribution in [3.8, 4) is 0 Å². The van der Waals surface area contributed by atoms with Gasteiger partial charge in [0.1, 0.15) is 5.82 Å². The molecule has 0 fully saturated rings. The highest BCUT2D eigenvalue weighted by molar-refractivity contribution is 14.1. The minimum absolute atomic E-state index is 0.131. The van der Waals surface area contributed by atoms with E-state index in [-0.39, 0.29) is 11.9 Å². The van der Waals surface area contributed by atoms with Gasteiger partial charge in [-0.1, -0.05) is 29.8 Å². The summed E-state index contributed by atoms with van der Waals surface area (Å²) in [5.74, 6) is -0.266. The van der Waals surface area contributed by atoms with E-state index in [4.69, 9.17) is 11.6 Å². The van der Waals surface area contributed by atoms with E-state index >= 15 is 0 Å². The molecule has 0 heterocycles. The highest BCUT2D eigenvalue weighted by Gasteiger charge is 2.17. The van der Waals surface area contributed by atoms with Crippen molar-refractivity contribution in [1.29, 1.82) is 0 Å². The van der Waals surface area contributed by atoms with Crippen molar-refractivity contribution in [3.63, 3.8) is 0 Å². The first-order valence-corrected chi connectivity index (χ1v) is 7.43. The summed E-state index contributed by atoms with van der Waals surface area (Å²) >= 11 is 8.38. The highest BCUT2D eigenvalue weighted by atomic mass is 127. The van der Waals surface area contributed by atoms with Crippen molar-refractivity contribution in [1.82, 2.24) is 5.32 Å². The Hall–Kier alpha value is -0.650. The molecule has 0 amide bonds. The standard InChI is InChI=1S/C15H14ClFIN/c1-19-14(9-10-5-7-11(18)8-6-10)15-12(16)3-2-4-13(15)17/h2-8,14,19H,9H2,1H3. The van der Waals surface area contributed by atoms with Crippen molar-refractivity contribution < 1.29 is 4.39 Å². The van der Waals surface area contributed by atoms with Gasteiger partial charge in [0.05, 0.1) is 0 Å². The van der Waals surface area contributed by atoms with Crippen LogP contribution in [-0.4, -0.2) is 7.05 Å². The molecule has 4 heteroatoms. The topological polar surface area (TPSA) is 12.0 Å². The zero-order chi connectivity index (χ0) is 13.8. The molecule has 0 aliphatic rings. The molecule has 1 nitrogen and oxygen atoms in total. The van der Waals surface area contributed by atoms with E-state index in [1.807, 2.05) is 19.2 Å². The van der Waals surface area contributed by atoms with Gasteiger partial charge in [-0.25, -0.2) is 4.39 Å². The van der Waals surface area contributed by atoms with E-state index in [1.165, 1.54) is 9.64 Å². The number of hydrogen-bond donors (Lipinski definition) is 1. The van der Waals surface area contributed by atoms with E-state index in [9.17, 15) is 4.39 Å². The van der Waals surface area contributed by atoms with Gasteiger partial charge >= 0.3 is 0 Å². The number of nitrogens with one attached hydrogen (secondary N) is 1. The fraction of sp³-hybridized carbons (Fsp3) is 0.200. The molecule has 0 aliphatic heterocycles. The molecule has 0 saturated carbocycles. The summed E-state index contributed by atoms with van der Waals surface area (Å²) in [6, 6.07) is 12.9. The molecule has 2 aromatic carbocycles. The van der Waals surface area contributed by atoms with Crippen LogP contribution in [0.3, 0.4) is 0 Å². The Morgan fingerprint density at radius 3 is 2.47 bits per heavy atom. The second-order valence-corrected chi connectivity index (χ2v) is 5.96. The molecule has 0 radical (unpaired) electrons. The monoisotopic (exact) mass is 389 g/mol. The van der Waals surface area contributed by atoms with E-state index in [0.29, 0.717) is 17.0 Å². The predicted octanol–water partition coefficient (Wildman–Crippen LogP) is 4.59. The largest absolute Gasteiger partial charge is 0.313 e. The quantitative estimate of drug-likeness (QED) is 0.754. The summed E-state index contributed by atoms with van der Waals surface area (Å²) in [4.78, 5) is 0. The summed E-state index contributed by atoms with van der Waals surface area (Å²) < 4.78 is 15.1. The molecule has 0 aliphatic carbocycles. The van der Waals surface area contributed by atoms with Gasteiger partial charge in [-0.3, -0.25) is 0 Å². The Bertz CT molecular complexity index is 536. The molecule has 0 spiro atoms. The third kappa shape index (κ3) is 3.68. The van der Waals surface area contributed by atoms with Gasteiger partial charge in [0.15, 0.2) is 0 Å². The van der Waals surface area contributed by atoms with Crippen molar-refractivity contribution in [2.45, 2.75) is 12.5 Å². The summed E-state index contributed by atoms with van der Waals surface area (Å²) in [5, 5.41) is 3.60. The lowest BCUT2D eigenvalue weighted by Gasteiger charge is -2.19. The second kappa shape index (κ2) is 6.68. The van der Waals surface area contributed by atoms with Crippen LogP contribution in [0, 0.1) is 9.39 Å². The lowest BCUT2D eigenvalue weighted by atomic mass is 9.98. The fourth-order valence-corrected chi connectivity index (χ4v) is 2.70. The van der Waals surface area contributed by atoms with E-state index < -0.39 is 0 Å². The third-order valence-corrected chi connectivity index (χ3v) is 4.10. The van der Waals surface area contributed by atoms with Gasteiger partial charge < -0.3 is 5.32 Å². The van der Waals surface area contributed by atoms with Gasteiger partial charge in [0.25, 0.3) is 0 Å². The first kappa shape index (κ1) is 14.8. The number of halogens is 3. The van der Waals surface area contributed by atoms with Crippen molar-refractivity contribution >= 4 is 34.2 Å². The van der Waals surface area contributed by atoms with Gasteiger partial charge in [-0.2, -0.15) is 0 Å². The lowest BCUT2D eigenvalue weighted by Crippen LogP contribution is -2.20. The Labute approximate surface area is 131 Å². The van der Waals surface area contributed by atoms with Crippen LogP contribution in [0.1, 0.15) is 17.2 Å². The smallest absolute Gasteiger partial charge is 0.129 e.